The molecule has 0 atom stereocenters. The van der Waals surface area contributed by atoms with Crippen molar-refractivity contribution in [2.45, 2.75) is 32.5 Å². The third kappa shape index (κ3) is 5.33. The van der Waals surface area contributed by atoms with E-state index < -0.39 is 46.5 Å². The molecular weight excluding hydrogens is 479 g/mol. The quantitative estimate of drug-likeness (QED) is 0.406. The highest BCUT2D eigenvalue weighted by atomic mass is 35.5. The van der Waals surface area contributed by atoms with Gasteiger partial charge in [-0.1, -0.05) is 11.6 Å². The number of nitrogens with zero attached hydrogens (tertiary/aromatic N) is 2. The lowest BCUT2D eigenvalue weighted by Gasteiger charge is -2.13. The van der Waals surface area contributed by atoms with Gasteiger partial charge >= 0.3 is 12.1 Å². The van der Waals surface area contributed by atoms with Gasteiger partial charge in [-0.05, 0) is 54.2 Å². The molecule has 0 aliphatic rings. The molecule has 0 aliphatic heterocycles. The first kappa shape index (κ1) is 23.9. The molecule has 0 spiro atoms. The molecule has 0 amide bonds. The van der Waals surface area contributed by atoms with E-state index in [9.17, 15) is 26.7 Å². The maximum atomic E-state index is 14.5. The van der Waals surface area contributed by atoms with Gasteiger partial charge in [-0.3, -0.25) is 4.79 Å². The number of pyridine rings is 1. The molecule has 3 rings (SSSR count). The summed E-state index contributed by atoms with van der Waals surface area (Å²) in [6.45, 7) is 0.838. The number of alkyl halides is 3. The molecular formula is C20H14ClF5N2O3S. The summed E-state index contributed by atoms with van der Waals surface area (Å²) in [5.41, 5.74) is -0.387. The van der Waals surface area contributed by atoms with Gasteiger partial charge in [0, 0.05) is 18.2 Å². The van der Waals surface area contributed by atoms with Crippen molar-refractivity contribution in [3.63, 3.8) is 0 Å². The second-order valence-electron chi connectivity index (χ2n) is 6.71. The number of carboxylic acids is 1. The van der Waals surface area contributed by atoms with Gasteiger partial charge in [0.15, 0.2) is 17.4 Å². The third-order valence-electron chi connectivity index (χ3n) is 4.45. The summed E-state index contributed by atoms with van der Waals surface area (Å²) in [4.78, 5) is 13.3. The molecule has 0 unspecified atom stereocenters. The fraction of sp³-hybridized carbons (Fsp3) is 0.250. The Bertz CT molecular complexity index is 1170. The van der Waals surface area contributed by atoms with Crippen molar-refractivity contribution in [3.8, 4) is 17.1 Å². The van der Waals surface area contributed by atoms with Crippen LogP contribution >= 0.6 is 23.1 Å². The number of hydrogen-bond donors (Lipinski definition) is 1. The van der Waals surface area contributed by atoms with Gasteiger partial charge in [0.05, 0.1) is 5.02 Å². The van der Waals surface area contributed by atoms with Crippen LogP contribution in [-0.2, 0) is 24.0 Å². The van der Waals surface area contributed by atoms with Crippen molar-refractivity contribution in [2.75, 3.05) is 0 Å². The predicted octanol–water partition coefficient (Wildman–Crippen LogP) is 6.06. The molecule has 0 saturated carbocycles. The lowest BCUT2D eigenvalue weighted by Crippen LogP contribution is -2.09. The number of benzene rings is 1. The Morgan fingerprint density at radius 1 is 1.19 bits per heavy atom. The zero-order chi connectivity index (χ0) is 23.6. The number of aryl methyl sites for hydroxylation is 2. The van der Waals surface area contributed by atoms with E-state index in [0.717, 1.165) is 18.3 Å². The third-order valence-corrected chi connectivity index (χ3v) is 5.59. The lowest BCUT2D eigenvalue weighted by atomic mass is 10.0. The first-order valence-corrected chi connectivity index (χ1v) is 10.1. The zero-order valence-electron chi connectivity index (χ0n) is 16.3. The van der Waals surface area contributed by atoms with Crippen LogP contribution < -0.4 is 4.74 Å². The summed E-state index contributed by atoms with van der Waals surface area (Å²) in [6, 6.07) is 3.23. The molecule has 0 radical (unpaired) electrons. The monoisotopic (exact) mass is 492 g/mol. The Morgan fingerprint density at radius 2 is 1.91 bits per heavy atom. The Kier molecular flexibility index (Phi) is 6.99. The van der Waals surface area contributed by atoms with Crippen molar-refractivity contribution in [1.29, 1.82) is 0 Å². The van der Waals surface area contributed by atoms with Gasteiger partial charge in [-0.2, -0.15) is 17.5 Å². The van der Waals surface area contributed by atoms with E-state index in [1.165, 1.54) is 6.07 Å². The normalized spacial score (nSPS) is 11.6. The molecule has 5 nitrogen and oxygen atoms in total. The number of rotatable bonds is 7. The van der Waals surface area contributed by atoms with Crippen LogP contribution in [-0.4, -0.2) is 20.4 Å². The maximum absolute atomic E-state index is 14.5. The SMILES string of the molecule is Cc1cc(OCc2c(-c3ncc(Cl)cc3F)nsc2C(F)(F)F)c(F)cc1CCC(=O)O. The second-order valence-corrected chi connectivity index (χ2v) is 7.92. The van der Waals surface area contributed by atoms with Gasteiger partial charge in [0.2, 0.25) is 0 Å². The van der Waals surface area contributed by atoms with Crippen molar-refractivity contribution < 1.29 is 36.6 Å². The minimum Gasteiger partial charge on any atom is -0.486 e. The standard InChI is InChI=1S/C20H14ClF5N2O3S/c1-9-4-15(13(22)5-10(9)2-3-16(29)30)31-8-12-17(28-32-19(12)20(24,25)26)18-14(23)6-11(21)7-27-18/h4-7H,2-3,8H2,1H3,(H,29,30). The van der Waals surface area contributed by atoms with Crippen LogP contribution in [0.2, 0.25) is 5.02 Å². The average molecular weight is 493 g/mol. The molecule has 0 saturated heterocycles. The van der Waals surface area contributed by atoms with E-state index in [1.807, 2.05) is 0 Å². The van der Waals surface area contributed by atoms with Crippen LogP contribution in [0.15, 0.2) is 24.4 Å². The highest BCUT2D eigenvalue weighted by Crippen LogP contribution is 2.40. The highest BCUT2D eigenvalue weighted by molar-refractivity contribution is 7.06. The van der Waals surface area contributed by atoms with Crippen LogP contribution in [0.25, 0.3) is 11.4 Å². The molecule has 170 valence electrons. The Labute approximate surface area is 187 Å². The Balaban J connectivity index is 1.94. The number of hydrogen-bond acceptors (Lipinski definition) is 5. The second kappa shape index (κ2) is 9.37. The first-order valence-electron chi connectivity index (χ1n) is 8.98. The number of carbonyl (C=O) groups is 1. The van der Waals surface area contributed by atoms with Gasteiger partial charge < -0.3 is 9.84 Å². The summed E-state index contributed by atoms with van der Waals surface area (Å²) in [7, 11) is 0. The predicted molar refractivity (Wildman–Crippen MR) is 107 cm³/mol. The molecule has 0 bridgehead atoms. The topological polar surface area (TPSA) is 72.3 Å². The summed E-state index contributed by atoms with van der Waals surface area (Å²) in [6.07, 6.45) is -3.86. The smallest absolute Gasteiger partial charge is 0.427 e. The van der Waals surface area contributed by atoms with Crippen LogP contribution in [0.3, 0.4) is 0 Å². The molecule has 32 heavy (non-hydrogen) atoms. The fourth-order valence-electron chi connectivity index (χ4n) is 2.91. The minimum atomic E-state index is -4.80. The van der Waals surface area contributed by atoms with Crippen LogP contribution in [0.5, 0.6) is 5.75 Å². The van der Waals surface area contributed by atoms with Gasteiger partial charge in [-0.15, -0.1) is 0 Å². The number of carboxylic acid groups (broad SMARTS) is 1. The van der Waals surface area contributed by atoms with Gasteiger partial charge in [-0.25, -0.2) is 13.8 Å². The van der Waals surface area contributed by atoms with E-state index in [4.69, 9.17) is 21.4 Å². The Hall–Kier alpha value is -2.79. The van der Waals surface area contributed by atoms with Crippen molar-refractivity contribution in [2.24, 2.45) is 0 Å². The maximum Gasteiger partial charge on any atom is 0.427 e. The molecule has 1 N–H and O–H groups in total. The average Bonchev–Trinajstić information content (AvgIpc) is 3.11. The molecule has 1 aromatic carbocycles. The zero-order valence-corrected chi connectivity index (χ0v) is 17.8. The van der Waals surface area contributed by atoms with Crippen molar-refractivity contribution >= 4 is 29.1 Å². The van der Waals surface area contributed by atoms with Crippen LogP contribution in [0.1, 0.15) is 28.0 Å². The van der Waals surface area contributed by atoms with Gasteiger partial charge in [0.25, 0.3) is 0 Å². The highest BCUT2D eigenvalue weighted by Gasteiger charge is 2.38. The van der Waals surface area contributed by atoms with Crippen LogP contribution in [0, 0.1) is 18.6 Å². The number of aromatic nitrogens is 2. The fourth-order valence-corrected chi connectivity index (χ4v) is 3.80. The summed E-state index contributed by atoms with van der Waals surface area (Å²) in [5, 5.41) is 8.73. The van der Waals surface area contributed by atoms with E-state index in [2.05, 4.69) is 9.36 Å². The lowest BCUT2D eigenvalue weighted by molar-refractivity contribution is -0.137. The van der Waals surface area contributed by atoms with Gasteiger partial charge in [0.1, 0.15) is 22.9 Å². The largest absolute Gasteiger partial charge is 0.486 e. The summed E-state index contributed by atoms with van der Waals surface area (Å²) in [5.74, 6) is -3.23. The van der Waals surface area contributed by atoms with E-state index >= 15 is 0 Å². The molecule has 0 fully saturated rings. The minimum absolute atomic E-state index is 0.0455. The molecule has 0 aliphatic carbocycles. The summed E-state index contributed by atoms with van der Waals surface area (Å²) >= 11 is 5.75. The number of halogens is 6. The molecule has 12 heteroatoms. The van der Waals surface area contributed by atoms with Crippen molar-refractivity contribution in [1.82, 2.24) is 9.36 Å². The van der Waals surface area contributed by atoms with Crippen molar-refractivity contribution in [3.05, 3.63) is 62.6 Å². The molecule has 2 aromatic heterocycles. The van der Waals surface area contributed by atoms with E-state index in [1.54, 1.807) is 6.92 Å². The molecule has 2 heterocycles. The summed E-state index contributed by atoms with van der Waals surface area (Å²) < 4.78 is 78.1. The first-order chi connectivity index (χ1) is 15.0. The molecule has 3 aromatic rings. The number of ether oxygens (including phenoxy) is 1. The number of aliphatic carboxylic acids is 1. The van der Waals surface area contributed by atoms with E-state index in [-0.39, 0.29) is 40.8 Å². The Morgan fingerprint density at radius 3 is 2.53 bits per heavy atom. The van der Waals surface area contributed by atoms with E-state index in [0.29, 0.717) is 11.1 Å². The van der Waals surface area contributed by atoms with Crippen LogP contribution in [0.4, 0.5) is 22.0 Å².